The molecule has 2 fully saturated rings. The van der Waals surface area contributed by atoms with Gasteiger partial charge >= 0.3 is 0 Å². The highest BCUT2D eigenvalue weighted by Gasteiger charge is 2.26. The summed E-state index contributed by atoms with van der Waals surface area (Å²) in [6.45, 7) is 12.8. The zero-order chi connectivity index (χ0) is 35.1. The van der Waals surface area contributed by atoms with E-state index in [1.165, 1.54) is 0 Å². The third kappa shape index (κ3) is 6.47. The Balaban J connectivity index is 0.000000125. The molecule has 260 valence electrons. The smallest absolute Gasteiger partial charge is 0.198 e. The Morgan fingerprint density at radius 1 is 0.569 bits per heavy atom. The Labute approximate surface area is 298 Å². The maximum atomic E-state index is 6.15. The summed E-state index contributed by atoms with van der Waals surface area (Å²) >= 11 is 6.15. The van der Waals surface area contributed by atoms with Gasteiger partial charge in [0.25, 0.3) is 0 Å². The van der Waals surface area contributed by atoms with Crippen LogP contribution in [0.25, 0.3) is 55.9 Å². The van der Waals surface area contributed by atoms with Gasteiger partial charge in [-0.15, -0.1) is 0 Å². The molecule has 0 bridgehead atoms. The third-order valence-electron chi connectivity index (χ3n) is 8.99. The highest BCUT2D eigenvalue weighted by Crippen LogP contribution is 2.28. The van der Waals surface area contributed by atoms with Crippen LogP contribution in [0.2, 0.25) is 5.15 Å². The molecule has 0 radical (unpaired) electrons. The number of fused-ring (bicyclic) bond motifs is 10. The molecule has 3 N–H and O–H groups in total. The fraction of sp³-hybridized carbons (Fsp3) is 0.333. The number of hydrogen-bond acceptors (Lipinski definition) is 12. The highest BCUT2D eigenvalue weighted by atomic mass is 35.5. The van der Waals surface area contributed by atoms with Crippen LogP contribution in [-0.2, 0) is 0 Å². The molecule has 4 atom stereocenters. The van der Waals surface area contributed by atoms with Crippen molar-refractivity contribution in [3.8, 4) is 0 Å². The van der Waals surface area contributed by atoms with Gasteiger partial charge in [-0.2, -0.15) is 0 Å². The summed E-state index contributed by atoms with van der Waals surface area (Å²) < 4.78 is 3.96. The lowest BCUT2D eigenvalue weighted by Crippen LogP contribution is -2.54. The molecule has 2 aliphatic heterocycles. The van der Waals surface area contributed by atoms with E-state index in [-0.39, 0.29) is 0 Å². The van der Waals surface area contributed by atoms with Crippen LogP contribution in [0.1, 0.15) is 27.7 Å². The monoisotopic (exact) mass is 702 g/mol. The van der Waals surface area contributed by atoms with Gasteiger partial charge in [0.2, 0.25) is 0 Å². The van der Waals surface area contributed by atoms with Crippen LogP contribution in [0, 0.1) is 0 Å². The summed E-state index contributed by atoms with van der Waals surface area (Å²) in [5, 5.41) is 10.6. The van der Waals surface area contributed by atoms with E-state index in [0.717, 1.165) is 65.4 Å². The molecule has 0 aliphatic carbocycles. The molecule has 14 nitrogen and oxygen atoms in total. The van der Waals surface area contributed by atoms with Gasteiger partial charge < -0.3 is 20.9 Å². The number of nitrogens with one attached hydrogen (secondary N) is 3. The molecule has 0 saturated carbocycles. The largest absolute Gasteiger partial charge is 0.350 e. The fourth-order valence-corrected chi connectivity index (χ4v) is 7.22. The maximum absolute atomic E-state index is 6.15. The zero-order valence-electron chi connectivity index (χ0n) is 28.9. The van der Waals surface area contributed by atoms with Gasteiger partial charge in [-0.1, -0.05) is 35.9 Å². The Kier molecular flexibility index (Phi) is 8.98. The van der Waals surface area contributed by atoms with E-state index in [2.05, 4.69) is 88.9 Å². The summed E-state index contributed by atoms with van der Waals surface area (Å²) in [5.41, 5.74) is 7.78. The molecule has 2 aliphatic rings. The molecular weight excluding hydrogens is 664 g/mol. The van der Waals surface area contributed by atoms with Gasteiger partial charge in [-0.25, -0.2) is 39.9 Å². The van der Waals surface area contributed by atoms with E-state index in [1.54, 1.807) is 24.8 Å². The van der Waals surface area contributed by atoms with Crippen molar-refractivity contribution in [2.45, 2.75) is 51.9 Å². The molecule has 51 heavy (non-hydrogen) atoms. The number of imidazole rings is 2. The molecule has 0 spiro atoms. The topological polar surface area (TPSA) is 151 Å². The molecule has 0 amide bonds. The van der Waals surface area contributed by atoms with E-state index >= 15 is 0 Å². The summed E-state index contributed by atoms with van der Waals surface area (Å²) in [5.74, 6) is 0.879. The Morgan fingerprint density at radius 2 is 1.06 bits per heavy atom. The minimum absolute atomic E-state index is 0.333. The van der Waals surface area contributed by atoms with Crippen LogP contribution in [0.3, 0.4) is 0 Å². The summed E-state index contributed by atoms with van der Waals surface area (Å²) in [7, 11) is 0. The van der Waals surface area contributed by atoms with E-state index < -0.39 is 0 Å². The van der Waals surface area contributed by atoms with Crippen molar-refractivity contribution in [1.29, 1.82) is 0 Å². The molecule has 8 aromatic rings. The van der Waals surface area contributed by atoms with Gasteiger partial charge in [0.1, 0.15) is 0 Å². The first-order valence-corrected chi connectivity index (χ1v) is 17.6. The van der Waals surface area contributed by atoms with Gasteiger partial charge in [-0.05, 0) is 52.0 Å². The quantitative estimate of drug-likeness (QED) is 0.222. The van der Waals surface area contributed by atoms with Crippen LogP contribution in [-0.4, -0.2) is 99.0 Å². The van der Waals surface area contributed by atoms with Gasteiger partial charge in [-0.3, -0.25) is 8.80 Å². The van der Waals surface area contributed by atoms with Crippen molar-refractivity contribution < 1.29 is 0 Å². The Morgan fingerprint density at radius 3 is 1.63 bits per heavy atom. The number of piperazine rings is 2. The number of hydrogen-bond donors (Lipinski definition) is 3. The summed E-state index contributed by atoms with van der Waals surface area (Å²) in [6, 6.07) is 18.0. The number of para-hydroxylation sites is 4. The minimum Gasteiger partial charge on any atom is -0.350 e. The zero-order valence-corrected chi connectivity index (χ0v) is 29.6. The molecule has 15 heteroatoms. The second kappa shape index (κ2) is 13.9. The average Bonchev–Trinajstić information content (AvgIpc) is 3.72. The number of benzene rings is 2. The van der Waals surface area contributed by atoms with Crippen molar-refractivity contribution in [3.05, 3.63) is 78.5 Å². The normalized spacial score (nSPS) is 20.8. The summed E-state index contributed by atoms with van der Waals surface area (Å²) in [4.78, 5) is 38.1. The lowest BCUT2D eigenvalue weighted by molar-refractivity contribution is 0.370. The van der Waals surface area contributed by atoms with Crippen LogP contribution in [0.4, 0.5) is 5.82 Å². The highest BCUT2D eigenvalue weighted by molar-refractivity contribution is 6.32. The first-order chi connectivity index (χ1) is 24.8. The first-order valence-electron chi connectivity index (χ1n) is 17.2. The summed E-state index contributed by atoms with van der Waals surface area (Å²) in [6.07, 6.45) is 6.61. The molecule has 2 aromatic carbocycles. The van der Waals surface area contributed by atoms with Crippen molar-refractivity contribution in [2.24, 2.45) is 0 Å². The lowest BCUT2D eigenvalue weighted by Gasteiger charge is -2.36. The van der Waals surface area contributed by atoms with E-state index in [0.29, 0.717) is 51.9 Å². The van der Waals surface area contributed by atoms with Gasteiger partial charge in [0.05, 0.1) is 22.1 Å². The van der Waals surface area contributed by atoms with Crippen molar-refractivity contribution in [3.63, 3.8) is 0 Å². The fourth-order valence-electron chi connectivity index (χ4n) is 7.01. The second-order valence-electron chi connectivity index (χ2n) is 13.3. The van der Waals surface area contributed by atoms with E-state index in [4.69, 9.17) is 21.6 Å². The van der Waals surface area contributed by atoms with Crippen molar-refractivity contribution in [1.82, 2.24) is 64.6 Å². The van der Waals surface area contributed by atoms with Crippen LogP contribution < -0.4 is 20.9 Å². The first kappa shape index (κ1) is 33.0. The molecule has 8 heterocycles. The van der Waals surface area contributed by atoms with Gasteiger partial charge in [0.15, 0.2) is 44.9 Å². The number of anilines is 1. The Bertz CT molecular complexity index is 2480. The molecule has 10 rings (SSSR count). The standard InChI is InChI=1S/C18H19N7.C12H6ClN5.C6H14N2/c1-11-9-24(10-12(2)21-11)17-18-22-13-5-3-4-6-14(13)25(18)16-15(23-17)19-7-8-20-16;13-9-11-16-7-3-1-2-4-8(7)18(11)12-10(17-9)14-5-6-15-12;1-5-3-7-4-6(2)8-5/h3-8,11-12,21H,9-10H2,1-2H3;1-6H;5-8H,3-4H2,1-2H3/t11-,12+;;5-,6+. The Hall–Kier alpha value is -5.15. The third-order valence-corrected chi connectivity index (χ3v) is 9.25. The predicted octanol–water partition coefficient (Wildman–Crippen LogP) is 4.45. The van der Waals surface area contributed by atoms with Crippen molar-refractivity contribution in [2.75, 3.05) is 31.1 Å². The number of rotatable bonds is 1. The minimum atomic E-state index is 0.333. The number of aromatic nitrogens is 10. The maximum Gasteiger partial charge on any atom is 0.198 e. The van der Waals surface area contributed by atoms with Crippen molar-refractivity contribution >= 4 is 73.4 Å². The second-order valence-corrected chi connectivity index (χ2v) is 13.6. The van der Waals surface area contributed by atoms with E-state index in [1.807, 2.05) is 46.9 Å². The van der Waals surface area contributed by atoms with Gasteiger partial charge in [0, 0.05) is 75.1 Å². The van der Waals surface area contributed by atoms with Crippen LogP contribution in [0.5, 0.6) is 0 Å². The number of halogens is 1. The SMILES string of the molecule is C[C@@H]1CN(c2nc3nccnc3n3c2nc2ccccc23)C[C@H](C)N1.C[C@@H]1CNC[C@H](C)N1.Clc1nc2nccnc2n2c1nc1ccccc12. The molecule has 6 aromatic heterocycles. The molecule has 2 saturated heterocycles. The van der Waals surface area contributed by atoms with E-state index in [9.17, 15) is 0 Å². The van der Waals surface area contributed by atoms with Crippen LogP contribution >= 0.6 is 11.6 Å². The number of nitrogens with zero attached hydrogens (tertiary/aromatic N) is 11. The lowest BCUT2D eigenvalue weighted by atomic mass is 10.1. The predicted molar refractivity (Wildman–Crippen MR) is 201 cm³/mol. The van der Waals surface area contributed by atoms with Crippen LogP contribution in [0.15, 0.2) is 73.3 Å². The molecule has 0 unspecified atom stereocenters. The average molecular weight is 703 g/mol. The molecular formula is C36H39ClN14.